The molecule has 0 N–H and O–H groups in total. The molecule has 5 nitrogen and oxygen atoms in total. The molecule has 3 atom stereocenters. The van der Waals surface area contributed by atoms with Gasteiger partial charge in [0.2, 0.25) is 0 Å². The second-order valence-electron chi connectivity index (χ2n) is 6.87. The molecule has 1 fully saturated rings. The summed E-state index contributed by atoms with van der Waals surface area (Å²) in [5.74, 6) is -0.883. The van der Waals surface area contributed by atoms with Crippen molar-refractivity contribution in [2.24, 2.45) is 11.3 Å². The summed E-state index contributed by atoms with van der Waals surface area (Å²) in [6.45, 7) is 4.23. The molecule has 5 heteroatoms. The van der Waals surface area contributed by atoms with Crippen LogP contribution < -0.4 is 4.90 Å². The topological polar surface area (TPSA) is 55.8 Å². The number of likely N-dealkylation sites (N-methyl/N-ethyl adjacent to an activating group) is 1. The Balaban J connectivity index is 2.26. The lowest BCUT2D eigenvalue weighted by Gasteiger charge is -2.38. The minimum absolute atomic E-state index is 0.136. The van der Waals surface area contributed by atoms with Crippen molar-refractivity contribution in [3.05, 3.63) is 29.8 Å². The summed E-state index contributed by atoms with van der Waals surface area (Å²) < 4.78 is 10.1. The molecule has 0 radical (unpaired) electrons. The molecule has 0 aromatic heterocycles. The predicted molar refractivity (Wildman–Crippen MR) is 86.2 cm³/mol. The summed E-state index contributed by atoms with van der Waals surface area (Å²) in [4.78, 5) is 27.5. The van der Waals surface area contributed by atoms with Gasteiger partial charge in [0.1, 0.15) is 0 Å². The molecule has 0 bridgehead atoms. The Morgan fingerprint density at radius 1 is 1.17 bits per heavy atom. The van der Waals surface area contributed by atoms with Gasteiger partial charge in [-0.05, 0) is 24.0 Å². The summed E-state index contributed by atoms with van der Waals surface area (Å²) in [5.41, 5.74) is 0.623. The molecular formula is C18H23NO4. The number of hydrogen-bond acceptors (Lipinski definition) is 5. The summed E-state index contributed by atoms with van der Waals surface area (Å²) in [6.07, 6.45) is 0.423. The number of anilines is 1. The number of para-hydroxylation sites is 1. The molecule has 2 aliphatic rings. The van der Waals surface area contributed by atoms with E-state index in [2.05, 4.69) is 19.9 Å². The molecule has 124 valence electrons. The third-order valence-electron chi connectivity index (χ3n) is 6.04. The highest BCUT2D eigenvalue weighted by Crippen LogP contribution is 2.62. The van der Waals surface area contributed by atoms with E-state index in [1.54, 1.807) is 0 Å². The van der Waals surface area contributed by atoms with Crippen LogP contribution in [0.2, 0.25) is 0 Å². The third kappa shape index (κ3) is 1.68. The maximum absolute atomic E-state index is 12.7. The van der Waals surface area contributed by atoms with Crippen LogP contribution in [0, 0.1) is 11.3 Å². The Morgan fingerprint density at radius 2 is 1.74 bits per heavy atom. The van der Waals surface area contributed by atoms with E-state index in [1.807, 2.05) is 30.1 Å². The van der Waals surface area contributed by atoms with Crippen molar-refractivity contribution >= 4 is 17.6 Å². The summed E-state index contributed by atoms with van der Waals surface area (Å²) >= 11 is 0. The average Bonchev–Trinajstić information content (AvgIpc) is 2.95. The SMILES string of the molecule is COC(=O)C1(C(=O)OC)C[C@H](C)[C@@]2(C)c3ccccc3N(C)[C@@H]12. The fourth-order valence-electron chi connectivity index (χ4n) is 4.95. The van der Waals surface area contributed by atoms with E-state index in [0.29, 0.717) is 6.42 Å². The Morgan fingerprint density at radius 3 is 2.30 bits per heavy atom. The van der Waals surface area contributed by atoms with Crippen molar-refractivity contribution in [3.8, 4) is 0 Å². The molecule has 0 unspecified atom stereocenters. The molecule has 1 aromatic rings. The quantitative estimate of drug-likeness (QED) is 0.618. The lowest BCUT2D eigenvalue weighted by molar-refractivity contribution is -0.170. The number of methoxy groups -OCH3 is 2. The number of esters is 2. The van der Waals surface area contributed by atoms with Gasteiger partial charge in [-0.1, -0.05) is 32.0 Å². The third-order valence-corrected chi connectivity index (χ3v) is 6.04. The number of hydrogen-bond donors (Lipinski definition) is 0. The van der Waals surface area contributed by atoms with Gasteiger partial charge in [0.25, 0.3) is 0 Å². The molecule has 1 saturated carbocycles. The molecule has 0 spiro atoms. The smallest absolute Gasteiger partial charge is 0.325 e. The number of carbonyl (C=O) groups excluding carboxylic acids is 2. The fourth-order valence-corrected chi connectivity index (χ4v) is 4.95. The van der Waals surface area contributed by atoms with Gasteiger partial charge in [0.15, 0.2) is 5.41 Å². The molecular weight excluding hydrogens is 294 g/mol. The van der Waals surface area contributed by atoms with Crippen molar-refractivity contribution in [1.82, 2.24) is 0 Å². The van der Waals surface area contributed by atoms with E-state index in [4.69, 9.17) is 9.47 Å². The lowest BCUT2D eigenvalue weighted by Crippen LogP contribution is -2.56. The lowest BCUT2D eigenvalue weighted by atomic mass is 9.71. The number of fused-ring (bicyclic) bond motifs is 3. The first kappa shape index (κ1) is 15.8. The highest BCUT2D eigenvalue weighted by molar-refractivity contribution is 6.03. The summed E-state index contributed by atoms with van der Waals surface area (Å²) in [7, 11) is 4.60. The Bertz CT molecular complexity index is 655. The van der Waals surface area contributed by atoms with E-state index >= 15 is 0 Å². The summed E-state index contributed by atoms with van der Waals surface area (Å²) in [5, 5.41) is 0. The molecule has 0 amide bonds. The van der Waals surface area contributed by atoms with Gasteiger partial charge in [0.05, 0.1) is 20.3 Å². The van der Waals surface area contributed by atoms with Crippen LogP contribution in [0.4, 0.5) is 5.69 Å². The minimum atomic E-state index is -1.30. The van der Waals surface area contributed by atoms with E-state index < -0.39 is 17.4 Å². The largest absolute Gasteiger partial charge is 0.468 e. The van der Waals surface area contributed by atoms with Crippen molar-refractivity contribution in [3.63, 3.8) is 0 Å². The normalized spacial score (nSPS) is 30.6. The van der Waals surface area contributed by atoms with Crippen LogP contribution in [-0.2, 0) is 24.5 Å². The maximum atomic E-state index is 12.7. The standard InChI is InChI=1S/C18H23NO4/c1-11-10-18(15(20)22-4,16(21)23-5)14-17(11,2)12-8-6-7-9-13(12)19(14)3/h6-9,11,14H,10H2,1-5H3/t11-,14+,17-/m0/s1. The van der Waals surface area contributed by atoms with Gasteiger partial charge in [-0.3, -0.25) is 9.59 Å². The van der Waals surface area contributed by atoms with Crippen LogP contribution in [0.15, 0.2) is 24.3 Å². The van der Waals surface area contributed by atoms with Gasteiger partial charge in [0, 0.05) is 18.2 Å². The highest BCUT2D eigenvalue weighted by atomic mass is 16.5. The Labute approximate surface area is 136 Å². The van der Waals surface area contributed by atoms with Crippen molar-refractivity contribution < 1.29 is 19.1 Å². The second-order valence-corrected chi connectivity index (χ2v) is 6.87. The monoisotopic (exact) mass is 317 g/mol. The van der Waals surface area contributed by atoms with Crippen molar-refractivity contribution in [2.45, 2.75) is 31.7 Å². The van der Waals surface area contributed by atoms with Gasteiger partial charge in [-0.2, -0.15) is 0 Å². The zero-order chi connectivity index (χ0) is 17.0. The Hall–Kier alpha value is -2.04. The van der Waals surface area contributed by atoms with Crippen molar-refractivity contribution in [1.29, 1.82) is 0 Å². The first-order valence-corrected chi connectivity index (χ1v) is 7.84. The molecule has 1 aliphatic carbocycles. The zero-order valence-corrected chi connectivity index (χ0v) is 14.3. The number of rotatable bonds is 2. The molecule has 1 aromatic carbocycles. The van der Waals surface area contributed by atoms with E-state index in [-0.39, 0.29) is 17.4 Å². The van der Waals surface area contributed by atoms with E-state index in [9.17, 15) is 9.59 Å². The van der Waals surface area contributed by atoms with Crippen molar-refractivity contribution in [2.75, 3.05) is 26.2 Å². The van der Waals surface area contributed by atoms with Crippen LogP contribution in [0.3, 0.4) is 0 Å². The van der Waals surface area contributed by atoms with Gasteiger partial charge in [-0.15, -0.1) is 0 Å². The average molecular weight is 317 g/mol. The van der Waals surface area contributed by atoms with Gasteiger partial charge < -0.3 is 14.4 Å². The number of carbonyl (C=O) groups is 2. The second kappa shape index (κ2) is 4.98. The van der Waals surface area contributed by atoms with Gasteiger partial charge >= 0.3 is 11.9 Å². The number of ether oxygens (including phenoxy) is 2. The van der Waals surface area contributed by atoms with Crippen LogP contribution in [-0.4, -0.2) is 39.2 Å². The molecule has 1 aliphatic heterocycles. The molecule has 1 heterocycles. The van der Waals surface area contributed by atoms with Crippen LogP contribution in [0.1, 0.15) is 25.8 Å². The summed E-state index contributed by atoms with van der Waals surface area (Å²) in [6, 6.07) is 7.78. The molecule has 0 saturated heterocycles. The van der Waals surface area contributed by atoms with E-state index in [0.717, 1.165) is 5.69 Å². The Kier molecular flexibility index (Phi) is 3.43. The minimum Gasteiger partial charge on any atom is -0.468 e. The highest BCUT2D eigenvalue weighted by Gasteiger charge is 2.71. The first-order valence-electron chi connectivity index (χ1n) is 7.84. The fraction of sp³-hybridized carbons (Fsp3) is 0.556. The number of benzene rings is 1. The molecule has 23 heavy (non-hydrogen) atoms. The van der Waals surface area contributed by atoms with Crippen LogP contribution in [0.25, 0.3) is 0 Å². The first-order chi connectivity index (χ1) is 10.9. The zero-order valence-electron chi connectivity index (χ0n) is 14.3. The molecule has 3 rings (SSSR count). The predicted octanol–water partition coefficient (Wildman–Crippen LogP) is 2.13. The number of nitrogens with zero attached hydrogens (tertiary/aromatic N) is 1. The van der Waals surface area contributed by atoms with Gasteiger partial charge in [-0.25, -0.2) is 0 Å². The van der Waals surface area contributed by atoms with Crippen LogP contribution >= 0.6 is 0 Å². The van der Waals surface area contributed by atoms with Crippen LogP contribution in [0.5, 0.6) is 0 Å². The van der Waals surface area contributed by atoms with E-state index in [1.165, 1.54) is 19.8 Å². The maximum Gasteiger partial charge on any atom is 0.325 e.